The Hall–Kier alpha value is -1.76. The summed E-state index contributed by atoms with van der Waals surface area (Å²) in [6.07, 6.45) is -3.46. The van der Waals surface area contributed by atoms with Gasteiger partial charge in [0.05, 0.1) is 13.1 Å². The van der Waals surface area contributed by atoms with Crippen molar-refractivity contribution >= 4 is 5.96 Å². The van der Waals surface area contributed by atoms with Gasteiger partial charge >= 0.3 is 6.18 Å². The van der Waals surface area contributed by atoms with Crippen LogP contribution in [0.4, 0.5) is 13.2 Å². The van der Waals surface area contributed by atoms with Crippen LogP contribution in [-0.4, -0.2) is 55.8 Å². The zero-order chi connectivity index (χ0) is 19.2. The van der Waals surface area contributed by atoms with Crippen molar-refractivity contribution in [2.45, 2.75) is 44.8 Å². The molecule has 0 saturated carbocycles. The zero-order valence-corrected chi connectivity index (χ0v) is 15.7. The van der Waals surface area contributed by atoms with Gasteiger partial charge in [-0.15, -0.1) is 0 Å². The Labute approximate surface area is 153 Å². The smallest absolute Gasteiger partial charge is 0.357 e. The van der Waals surface area contributed by atoms with Crippen molar-refractivity contribution in [2.24, 2.45) is 4.99 Å². The van der Waals surface area contributed by atoms with Gasteiger partial charge in [-0.2, -0.15) is 13.2 Å². The van der Waals surface area contributed by atoms with Crippen molar-refractivity contribution in [2.75, 3.05) is 32.7 Å². The second-order valence-corrected chi connectivity index (χ2v) is 7.43. The highest BCUT2D eigenvalue weighted by Gasteiger charge is 2.34. The number of benzene rings is 1. The van der Waals surface area contributed by atoms with Gasteiger partial charge in [-0.1, -0.05) is 44.2 Å². The summed E-state index contributed by atoms with van der Waals surface area (Å²) in [5, 5.41) is 6.48. The molecule has 1 aromatic rings. The van der Waals surface area contributed by atoms with E-state index < -0.39 is 12.7 Å². The molecule has 0 aliphatic carbocycles. The van der Waals surface area contributed by atoms with Crippen LogP contribution < -0.4 is 10.6 Å². The Morgan fingerprint density at radius 1 is 1.23 bits per heavy atom. The summed E-state index contributed by atoms with van der Waals surface area (Å²) < 4.78 is 37.6. The second kappa shape index (κ2) is 8.75. The molecule has 1 unspecified atom stereocenters. The SMILES string of the molecule is CCNC(=NCC(C)(C)c1ccccc1)NC1CCN(CC(F)(F)F)C1. The predicted octanol–water partition coefficient (Wildman–Crippen LogP) is 3.16. The fraction of sp³-hybridized carbons (Fsp3) is 0.632. The van der Waals surface area contributed by atoms with Gasteiger partial charge in [0.15, 0.2) is 5.96 Å². The van der Waals surface area contributed by atoms with E-state index >= 15 is 0 Å². The van der Waals surface area contributed by atoms with E-state index in [0.717, 1.165) is 0 Å². The fourth-order valence-electron chi connectivity index (χ4n) is 3.12. The summed E-state index contributed by atoms with van der Waals surface area (Å²) >= 11 is 0. The lowest BCUT2D eigenvalue weighted by Crippen LogP contribution is -2.45. The van der Waals surface area contributed by atoms with Crippen LogP contribution in [0.25, 0.3) is 0 Å². The monoisotopic (exact) mass is 370 g/mol. The van der Waals surface area contributed by atoms with Gasteiger partial charge in [0, 0.05) is 31.1 Å². The van der Waals surface area contributed by atoms with E-state index in [1.807, 2.05) is 25.1 Å². The number of guanidine groups is 1. The lowest BCUT2D eigenvalue weighted by Gasteiger charge is -2.25. The molecule has 1 saturated heterocycles. The van der Waals surface area contributed by atoms with Gasteiger partial charge in [0.25, 0.3) is 0 Å². The quantitative estimate of drug-likeness (QED) is 0.597. The molecule has 1 aliphatic heterocycles. The van der Waals surface area contributed by atoms with Crippen molar-refractivity contribution in [3.8, 4) is 0 Å². The molecule has 0 aromatic heterocycles. The van der Waals surface area contributed by atoms with Gasteiger partial charge in [-0.3, -0.25) is 9.89 Å². The van der Waals surface area contributed by atoms with Crippen LogP contribution >= 0.6 is 0 Å². The van der Waals surface area contributed by atoms with Gasteiger partial charge in [-0.25, -0.2) is 0 Å². The molecular formula is C19H29F3N4. The molecule has 4 nitrogen and oxygen atoms in total. The number of aliphatic imine (C=N–C) groups is 1. The van der Waals surface area contributed by atoms with Crippen LogP contribution in [0, 0.1) is 0 Å². The largest absolute Gasteiger partial charge is 0.401 e. The summed E-state index contributed by atoms with van der Waals surface area (Å²) in [4.78, 5) is 6.12. The number of alkyl halides is 3. The molecule has 1 atom stereocenters. The van der Waals surface area contributed by atoms with E-state index in [9.17, 15) is 13.2 Å². The number of rotatable bonds is 6. The maximum absolute atomic E-state index is 12.5. The first kappa shape index (κ1) is 20.6. The number of halogens is 3. The molecule has 1 heterocycles. The molecule has 0 bridgehead atoms. The van der Waals surface area contributed by atoms with Crippen LogP contribution in [-0.2, 0) is 5.41 Å². The molecule has 0 amide bonds. The summed E-state index contributed by atoms with van der Waals surface area (Å²) in [6.45, 7) is 7.52. The van der Waals surface area contributed by atoms with E-state index in [4.69, 9.17) is 0 Å². The third-order valence-electron chi connectivity index (χ3n) is 4.55. The third-order valence-corrected chi connectivity index (χ3v) is 4.55. The topological polar surface area (TPSA) is 39.7 Å². The molecule has 1 fully saturated rings. The average Bonchev–Trinajstić information content (AvgIpc) is 2.99. The van der Waals surface area contributed by atoms with Gasteiger partial charge in [-0.05, 0) is 18.9 Å². The Bertz CT molecular complexity index is 584. The van der Waals surface area contributed by atoms with Gasteiger partial charge in [0.2, 0.25) is 0 Å². The Morgan fingerprint density at radius 3 is 2.54 bits per heavy atom. The van der Waals surface area contributed by atoms with Crippen molar-refractivity contribution in [3.63, 3.8) is 0 Å². The minimum absolute atomic E-state index is 0.0185. The second-order valence-electron chi connectivity index (χ2n) is 7.43. The lowest BCUT2D eigenvalue weighted by atomic mass is 9.85. The summed E-state index contributed by atoms with van der Waals surface area (Å²) in [5.74, 6) is 0.662. The van der Waals surface area contributed by atoms with Crippen LogP contribution in [0.15, 0.2) is 35.3 Å². The average molecular weight is 370 g/mol. The van der Waals surface area contributed by atoms with Crippen molar-refractivity contribution in [3.05, 3.63) is 35.9 Å². The standard InChI is InChI=1S/C19H29F3N4/c1-4-23-17(24-13-18(2,3)15-8-6-5-7-9-15)25-16-10-11-26(12-16)14-19(20,21)22/h5-9,16H,4,10-14H2,1-3H3,(H2,23,24,25). The highest BCUT2D eigenvalue weighted by Crippen LogP contribution is 2.23. The number of hydrogen-bond acceptors (Lipinski definition) is 2. The van der Waals surface area contributed by atoms with Gasteiger partial charge in [0.1, 0.15) is 0 Å². The molecule has 0 spiro atoms. The molecule has 146 valence electrons. The zero-order valence-electron chi connectivity index (χ0n) is 15.7. The summed E-state index contributed by atoms with van der Waals surface area (Å²) in [7, 11) is 0. The molecule has 0 radical (unpaired) electrons. The van der Waals surface area contributed by atoms with E-state index in [2.05, 4.69) is 41.6 Å². The first-order valence-corrected chi connectivity index (χ1v) is 9.09. The Kier molecular flexibility index (Phi) is 6.92. The Balaban J connectivity index is 1.95. The van der Waals surface area contributed by atoms with Crippen molar-refractivity contribution in [1.82, 2.24) is 15.5 Å². The van der Waals surface area contributed by atoms with Crippen LogP contribution in [0.3, 0.4) is 0 Å². The van der Waals surface area contributed by atoms with Crippen molar-refractivity contribution < 1.29 is 13.2 Å². The minimum atomic E-state index is -4.15. The van der Waals surface area contributed by atoms with Crippen LogP contribution in [0.2, 0.25) is 0 Å². The molecule has 7 heteroatoms. The number of nitrogens with one attached hydrogen (secondary N) is 2. The molecular weight excluding hydrogens is 341 g/mol. The molecule has 26 heavy (non-hydrogen) atoms. The number of likely N-dealkylation sites (tertiary alicyclic amines) is 1. The van der Waals surface area contributed by atoms with E-state index in [-0.39, 0.29) is 11.5 Å². The van der Waals surface area contributed by atoms with E-state index in [1.54, 1.807) is 0 Å². The highest BCUT2D eigenvalue weighted by molar-refractivity contribution is 5.80. The molecule has 1 aliphatic rings. The maximum atomic E-state index is 12.5. The molecule has 1 aromatic carbocycles. The fourth-order valence-corrected chi connectivity index (χ4v) is 3.12. The predicted molar refractivity (Wildman–Crippen MR) is 99.5 cm³/mol. The van der Waals surface area contributed by atoms with E-state index in [1.165, 1.54) is 10.5 Å². The summed E-state index contributed by atoms with van der Waals surface area (Å²) in [5.41, 5.74) is 1.08. The summed E-state index contributed by atoms with van der Waals surface area (Å²) in [6, 6.07) is 10.2. The van der Waals surface area contributed by atoms with Gasteiger partial charge < -0.3 is 10.6 Å². The van der Waals surface area contributed by atoms with Crippen molar-refractivity contribution in [1.29, 1.82) is 0 Å². The third kappa shape index (κ3) is 6.52. The normalized spacial score (nSPS) is 19.6. The first-order chi connectivity index (χ1) is 12.2. The minimum Gasteiger partial charge on any atom is -0.357 e. The molecule has 2 N–H and O–H groups in total. The van der Waals surface area contributed by atoms with Crippen LogP contribution in [0.1, 0.15) is 32.8 Å². The highest BCUT2D eigenvalue weighted by atomic mass is 19.4. The Morgan fingerprint density at radius 2 is 1.92 bits per heavy atom. The molecule has 2 rings (SSSR count). The van der Waals surface area contributed by atoms with E-state index in [0.29, 0.717) is 38.6 Å². The van der Waals surface area contributed by atoms with Crippen LogP contribution in [0.5, 0.6) is 0 Å². The number of nitrogens with zero attached hydrogens (tertiary/aromatic N) is 2. The first-order valence-electron chi connectivity index (χ1n) is 9.09. The number of hydrogen-bond donors (Lipinski definition) is 2. The lowest BCUT2D eigenvalue weighted by molar-refractivity contribution is -0.143. The maximum Gasteiger partial charge on any atom is 0.401 e.